The van der Waals surface area contributed by atoms with Gasteiger partial charge in [0, 0.05) is 17.4 Å². The smallest absolute Gasteiger partial charge is 0.262 e. The fourth-order valence-corrected chi connectivity index (χ4v) is 4.89. The summed E-state index contributed by atoms with van der Waals surface area (Å²) < 4.78 is 5.48. The molecule has 3 amide bonds. The number of hydrogen-bond acceptors (Lipinski definition) is 6. The van der Waals surface area contributed by atoms with Crippen molar-refractivity contribution in [1.29, 1.82) is 0 Å². The van der Waals surface area contributed by atoms with Crippen molar-refractivity contribution in [3.05, 3.63) is 101 Å². The summed E-state index contributed by atoms with van der Waals surface area (Å²) in [6.07, 6.45) is 0.190. The zero-order valence-electron chi connectivity index (χ0n) is 19.5. The molecule has 1 aliphatic rings. The van der Waals surface area contributed by atoms with Gasteiger partial charge in [-0.2, -0.15) is 0 Å². The highest BCUT2D eigenvalue weighted by Gasteiger charge is 2.42. The predicted molar refractivity (Wildman–Crippen MR) is 138 cm³/mol. The van der Waals surface area contributed by atoms with Gasteiger partial charge in [0.15, 0.2) is 5.13 Å². The van der Waals surface area contributed by atoms with Gasteiger partial charge in [0.25, 0.3) is 11.8 Å². The zero-order chi connectivity index (χ0) is 25.1. The van der Waals surface area contributed by atoms with Crippen LogP contribution in [0.2, 0.25) is 0 Å². The van der Waals surface area contributed by atoms with E-state index in [2.05, 4.69) is 10.3 Å². The lowest BCUT2D eigenvalue weighted by molar-refractivity contribution is -0.119. The second-order valence-electron chi connectivity index (χ2n) is 8.22. The van der Waals surface area contributed by atoms with Crippen molar-refractivity contribution in [2.75, 3.05) is 11.9 Å². The Hall–Kier alpha value is -4.30. The molecule has 0 bridgehead atoms. The molecule has 8 heteroatoms. The number of imide groups is 1. The topological polar surface area (TPSA) is 88.6 Å². The molecule has 0 fully saturated rings. The van der Waals surface area contributed by atoms with E-state index in [4.69, 9.17) is 4.74 Å². The maximum Gasteiger partial charge on any atom is 0.262 e. The van der Waals surface area contributed by atoms with Crippen molar-refractivity contribution in [1.82, 2.24) is 9.88 Å². The minimum atomic E-state index is -1.03. The molecule has 7 nitrogen and oxygen atoms in total. The molecule has 0 saturated carbocycles. The number of nitrogens with zero attached hydrogens (tertiary/aromatic N) is 2. The zero-order valence-corrected chi connectivity index (χ0v) is 20.3. The van der Waals surface area contributed by atoms with Crippen LogP contribution in [0.1, 0.15) is 33.2 Å². The van der Waals surface area contributed by atoms with Crippen LogP contribution in [0.15, 0.2) is 84.2 Å². The number of carbonyl (C=O) groups excluding carboxylic acids is 3. The van der Waals surface area contributed by atoms with E-state index >= 15 is 0 Å². The van der Waals surface area contributed by atoms with Gasteiger partial charge in [-0.15, -0.1) is 11.3 Å². The lowest BCUT2D eigenvalue weighted by Gasteiger charge is -2.25. The molecule has 1 aliphatic heterocycles. The third-order valence-corrected chi connectivity index (χ3v) is 6.66. The first-order valence-corrected chi connectivity index (χ1v) is 12.4. The SMILES string of the molecule is CCOc1ccc(-c2csc(NC(=O)C(Cc3ccccc3)N3C(=O)c4ccccc4C3=O)n2)cc1. The van der Waals surface area contributed by atoms with Crippen LogP contribution in [0.25, 0.3) is 11.3 Å². The summed E-state index contributed by atoms with van der Waals surface area (Å²) in [5.74, 6) is -0.641. The summed E-state index contributed by atoms with van der Waals surface area (Å²) in [5, 5.41) is 5.06. The van der Waals surface area contributed by atoms with Gasteiger partial charge < -0.3 is 10.1 Å². The van der Waals surface area contributed by atoms with Crippen LogP contribution < -0.4 is 10.1 Å². The van der Waals surface area contributed by atoms with Gasteiger partial charge in [0.2, 0.25) is 5.91 Å². The van der Waals surface area contributed by atoms with Gasteiger partial charge in [-0.1, -0.05) is 42.5 Å². The molecule has 0 aliphatic carbocycles. The number of fused-ring (bicyclic) bond motifs is 1. The van der Waals surface area contributed by atoms with E-state index in [-0.39, 0.29) is 6.42 Å². The Kier molecular flexibility index (Phi) is 6.60. The molecule has 1 atom stereocenters. The van der Waals surface area contributed by atoms with Crippen LogP contribution in [-0.4, -0.2) is 40.3 Å². The summed E-state index contributed by atoms with van der Waals surface area (Å²) >= 11 is 1.28. The number of rotatable bonds is 8. The molecule has 4 aromatic rings. The second-order valence-corrected chi connectivity index (χ2v) is 9.07. The van der Waals surface area contributed by atoms with Crippen molar-refractivity contribution in [3.63, 3.8) is 0 Å². The van der Waals surface area contributed by atoms with Crippen LogP contribution in [0.4, 0.5) is 5.13 Å². The summed E-state index contributed by atoms with van der Waals surface area (Å²) in [7, 11) is 0. The van der Waals surface area contributed by atoms with Crippen molar-refractivity contribution >= 4 is 34.2 Å². The second kappa shape index (κ2) is 10.1. The average molecular weight is 498 g/mol. The van der Waals surface area contributed by atoms with Crippen LogP contribution in [0.3, 0.4) is 0 Å². The lowest BCUT2D eigenvalue weighted by Crippen LogP contribution is -2.48. The van der Waals surface area contributed by atoms with Crippen molar-refractivity contribution in [2.24, 2.45) is 0 Å². The monoisotopic (exact) mass is 497 g/mol. The van der Waals surface area contributed by atoms with E-state index in [1.54, 1.807) is 24.3 Å². The summed E-state index contributed by atoms with van der Waals surface area (Å²) in [5.41, 5.74) is 3.04. The largest absolute Gasteiger partial charge is 0.494 e. The van der Waals surface area contributed by atoms with Crippen LogP contribution in [0.5, 0.6) is 5.75 Å². The van der Waals surface area contributed by atoms with Gasteiger partial charge in [-0.3, -0.25) is 19.3 Å². The highest BCUT2D eigenvalue weighted by Crippen LogP contribution is 2.29. The molecule has 1 aromatic heterocycles. The van der Waals surface area contributed by atoms with E-state index in [1.165, 1.54) is 11.3 Å². The van der Waals surface area contributed by atoms with E-state index < -0.39 is 23.8 Å². The minimum absolute atomic E-state index is 0.190. The fraction of sp³-hybridized carbons (Fsp3) is 0.143. The molecular weight excluding hydrogens is 474 g/mol. The van der Waals surface area contributed by atoms with Gasteiger partial charge in [-0.05, 0) is 48.9 Å². The average Bonchev–Trinajstić information content (AvgIpc) is 3.46. The van der Waals surface area contributed by atoms with Crippen LogP contribution in [0, 0.1) is 0 Å². The van der Waals surface area contributed by atoms with Crippen molar-refractivity contribution < 1.29 is 19.1 Å². The maximum atomic E-state index is 13.5. The summed E-state index contributed by atoms with van der Waals surface area (Å²) in [6, 6.07) is 22.5. The van der Waals surface area contributed by atoms with Gasteiger partial charge in [0.1, 0.15) is 11.8 Å². The first-order chi connectivity index (χ1) is 17.5. The Labute approximate surface area is 212 Å². The van der Waals surface area contributed by atoms with Crippen LogP contribution >= 0.6 is 11.3 Å². The standard InChI is InChI=1S/C28H23N3O4S/c1-2-35-20-14-12-19(13-15-20)23-17-36-28(29-23)30-25(32)24(16-18-8-4-3-5-9-18)31-26(33)21-10-6-7-11-22(21)27(31)34/h3-15,17,24H,2,16H2,1H3,(H,29,30,32). The fourth-order valence-electron chi connectivity index (χ4n) is 4.17. The molecule has 180 valence electrons. The first kappa shape index (κ1) is 23.4. The van der Waals surface area contributed by atoms with E-state index in [0.29, 0.717) is 28.6 Å². The number of anilines is 1. The molecule has 0 spiro atoms. The van der Waals surface area contributed by atoms with Gasteiger partial charge >= 0.3 is 0 Å². The molecule has 1 unspecified atom stereocenters. The Bertz CT molecular complexity index is 1380. The molecule has 3 aromatic carbocycles. The molecule has 5 rings (SSSR count). The molecule has 2 heterocycles. The third kappa shape index (κ3) is 4.63. The van der Waals surface area contributed by atoms with Crippen molar-refractivity contribution in [2.45, 2.75) is 19.4 Å². The number of ether oxygens (including phenoxy) is 1. The van der Waals surface area contributed by atoms with Crippen LogP contribution in [-0.2, 0) is 11.2 Å². The Morgan fingerprint density at radius 2 is 1.58 bits per heavy atom. The summed E-state index contributed by atoms with van der Waals surface area (Å²) in [4.78, 5) is 45.4. The number of benzene rings is 3. The number of nitrogens with one attached hydrogen (secondary N) is 1. The van der Waals surface area contributed by atoms with Gasteiger partial charge in [0.05, 0.1) is 23.4 Å². The van der Waals surface area contributed by atoms with E-state index in [9.17, 15) is 14.4 Å². The number of aromatic nitrogens is 1. The molecule has 1 N–H and O–H groups in total. The number of thiazole rings is 1. The number of hydrogen-bond donors (Lipinski definition) is 1. The molecule has 0 saturated heterocycles. The highest BCUT2D eigenvalue weighted by molar-refractivity contribution is 7.14. The number of amides is 3. The van der Waals surface area contributed by atoms with Crippen molar-refractivity contribution in [3.8, 4) is 17.0 Å². The quantitative estimate of drug-likeness (QED) is 0.344. The Morgan fingerprint density at radius 1 is 0.944 bits per heavy atom. The first-order valence-electron chi connectivity index (χ1n) is 11.6. The van der Waals surface area contributed by atoms with E-state index in [1.807, 2.05) is 66.9 Å². The normalized spacial score (nSPS) is 13.4. The summed E-state index contributed by atoms with van der Waals surface area (Å²) in [6.45, 7) is 2.51. The minimum Gasteiger partial charge on any atom is -0.494 e. The highest BCUT2D eigenvalue weighted by atomic mass is 32.1. The molecule has 36 heavy (non-hydrogen) atoms. The maximum absolute atomic E-state index is 13.5. The van der Waals surface area contributed by atoms with Gasteiger partial charge in [-0.25, -0.2) is 4.98 Å². The molecular formula is C28H23N3O4S. The third-order valence-electron chi connectivity index (χ3n) is 5.91. The Morgan fingerprint density at radius 3 is 2.22 bits per heavy atom. The number of carbonyl (C=O) groups is 3. The Balaban J connectivity index is 1.39. The van der Waals surface area contributed by atoms with E-state index in [0.717, 1.165) is 21.8 Å². The molecule has 0 radical (unpaired) electrons. The lowest BCUT2D eigenvalue weighted by atomic mass is 10.0. The predicted octanol–water partition coefficient (Wildman–Crippen LogP) is 5.05.